The van der Waals surface area contributed by atoms with Gasteiger partial charge in [0.2, 0.25) is 0 Å². The number of benzene rings is 2. The highest BCUT2D eigenvalue weighted by molar-refractivity contribution is 5.80. The van der Waals surface area contributed by atoms with Crippen LogP contribution in [-0.4, -0.2) is 61.8 Å². The van der Waals surface area contributed by atoms with Gasteiger partial charge in [0.1, 0.15) is 11.5 Å². The Labute approximate surface area is 178 Å². The van der Waals surface area contributed by atoms with Crippen molar-refractivity contribution < 1.29 is 14.6 Å². The van der Waals surface area contributed by atoms with Crippen LogP contribution in [0.25, 0.3) is 0 Å². The zero-order chi connectivity index (χ0) is 20.8. The van der Waals surface area contributed by atoms with E-state index in [2.05, 4.69) is 39.1 Å². The molecule has 30 heavy (non-hydrogen) atoms. The number of hydrogen-bond donors (Lipinski definition) is 1. The number of hydrogen-bond acceptors (Lipinski definition) is 5. The van der Waals surface area contributed by atoms with E-state index >= 15 is 0 Å². The summed E-state index contributed by atoms with van der Waals surface area (Å²) in [6.07, 6.45) is 2.43. The maximum absolute atomic E-state index is 9.55. The molecule has 160 valence electrons. The van der Waals surface area contributed by atoms with Crippen LogP contribution in [0.2, 0.25) is 0 Å². The molecule has 1 saturated heterocycles. The molecule has 0 unspecified atom stereocenters. The second-order valence-electron chi connectivity index (χ2n) is 7.75. The number of aliphatic hydroxyl groups is 1. The number of rotatable bonds is 8. The van der Waals surface area contributed by atoms with Crippen molar-refractivity contribution in [3.8, 4) is 11.5 Å². The van der Waals surface area contributed by atoms with Crippen molar-refractivity contribution in [3.63, 3.8) is 0 Å². The lowest BCUT2D eigenvalue weighted by Gasteiger charge is -2.36. The standard InChI is InChI=1S/C24H31N3O3/c1-2-29-23-7-4-3-6-22(23)27-15-13-26(14-16-27)12-5-17-30-20-9-10-21-19(18-20)8-11-24(28)25-21/h3-4,6-7,9-10,18H,2,5,8,11-17H2,1H3,(H,25,28). The molecule has 0 aromatic heterocycles. The fraction of sp³-hybridized carbons (Fsp3) is 0.458. The van der Waals surface area contributed by atoms with E-state index in [1.807, 2.05) is 25.1 Å². The van der Waals surface area contributed by atoms with Gasteiger partial charge < -0.3 is 19.5 Å². The van der Waals surface area contributed by atoms with E-state index in [-0.39, 0.29) is 5.90 Å². The van der Waals surface area contributed by atoms with Crippen LogP contribution >= 0.6 is 0 Å². The van der Waals surface area contributed by atoms with Gasteiger partial charge in [-0.25, -0.2) is 4.99 Å². The first-order valence-corrected chi connectivity index (χ1v) is 10.9. The molecule has 0 bridgehead atoms. The molecule has 0 amide bonds. The Morgan fingerprint density at radius 2 is 1.83 bits per heavy atom. The first-order valence-electron chi connectivity index (χ1n) is 10.9. The molecule has 6 nitrogen and oxygen atoms in total. The number of aryl methyl sites for hydroxylation is 1. The van der Waals surface area contributed by atoms with Crippen molar-refractivity contribution >= 4 is 17.3 Å². The van der Waals surface area contributed by atoms with E-state index in [1.165, 1.54) is 5.69 Å². The SMILES string of the molecule is CCOc1ccccc1N1CCN(CCCOc2ccc3c(c2)CCC(O)=N3)CC1. The van der Waals surface area contributed by atoms with Crippen molar-refractivity contribution in [2.45, 2.75) is 26.2 Å². The van der Waals surface area contributed by atoms with E-state index in [0.29, 0.717) is 19.6 Å². The van der Waals surface area contributed by atoms with Gasteiger partial charge in [-0.3, -0.25) is 4.90 Å². The average molecular weight is 410 g/mol. The summed E-state index contributed by atoms with van der Waals surface area (Å²) in [6, 6.07) is 14.2. The van der Waals surface area contributed by atoms with Crippen molar-refractivity contribution in [2.75, 3.05) is 50.8 Å². The number of ether oxygens (including phenoxy) is 2. The molecule has 0 atom stereocenters. The van der Waals surface area contributed by atoms with Crippen LogP contribution in [-0.2, 0) is 6.42 Å². The van der Waals surface area contributed by atoms with Gasteiger partial charge in [-0.05, 0) is 55.7 Å². The number of anilines is 1. The number of aliphatic hydroxyl groups excluding tert-OH is 1. The second kappa shape index (κ2) is 9.85. The average Bonchev–Trinajstić information content (AvgIpc) is 2.78. The minimum absolute atomic E-state index is 0.220. The van der Waals surface area contributed by atoms with Crippen LogP contribution in [0.1, 0.15) is 25.3 Å². The van der Waals surface area contributed by atoms with Crippen LogP contribution in [0.5, 0.6) is 11.5 Å². The topological polar surface area (TPSA) is 57.5 Å². The summed E-state index contributed by atoms with van der Waals surface area (Å²) in [4.78, 5) is 9.12. The molecule has 2 aromatic carbocycles. The molecule has 6 heteroatoms. The molecule has 0 radical (unpaired) electrons. The van der Waals surface area contributed by atoms with Crippen LogP contribution in [0, 0.1) is 0 Å². The summed E-state index contributed by atoms with van der Waals surface area (Å²) >= 11 is 0. The maximum atomic E-state index is 9.55. The fourth-order valence-electron chi connectivity index (χ4n) is 4.09. The van der Waals surface area contributed by atoms with Gasteiger partial charge in [-0.15, -0.1) is 0 Å². The van der Waals surface area contributed by atoms with Crippen molar-refractivity contribution in [3.05, 3.63) is 48.0 Å². The third-order valence-electron chi connectivity index (χ3n) is 5.68. The molecule has 0 aliphatic carbocycles. The highest BCUT2D eigenvalue weighted by Gasteiger charge is 2.19. The number of aliphatic imine (C=N–C) groups is 1. The summed E-state index contributed by atoms with van der Waals surface area (Å²) in [5, 5.41) is 9.55. The zero-order valence-electron chi connectivity index (χ0n) is 17.7. The third kappa shape index (κ3) is 5.05. The summed E-state index contributed by atoms with van der Waals surface area (Å²) in [7, 11) is 0. The Morgan fingerprint density at radius 1 is 1.00 bits per heavy atom. The monoisotopic (exact) mass is 409 g/mol. The summed E-state index contributed by atoms with van der Waals surface area (Å²) in [6.45, 7) is 8.62. The highest BCUT2D eigenvalue weighted by atomic mass is 16.5. The van der Waals surface area contributed by atoms with Crippen molar-refractivity contribution in [2.24, 2.45) is 4.99 Å². The van der Waals surface area contributed by atoms with Gasteiger partial charge in [-0.1, -0.05) is 12.1 Å². The Bertz CT molecular complexity index is 876. The lowest BCUT2D eigenvalue weighted by atomic mass is 10.0. The molecule has 0 saturated carbocycles. The summed E-state index contributed by atoms with van der Waals surface area (Å²) in [5.41, 5.74) is 3.20. The molecular weight excluding hydrogens is 378 g/mol. The predicted molar refractivity (Wildman–Crippen MR) is 121 cm³/mol. The first-order chi connectivity index (χ1) is 14.7. The van der Waals surface area contributed by atoms with E-state index in [0.717, 1.165) is 68.3 Å². The number of nitrogens with zero attached hydrogens (tertiary/aromatic N) is 3. The normalized spacial score (nSPS) is 16.7. The van der Waals surface area contributed by atoms with E-state index < -0.39 is 0 Å². The molecule has 2 aromatic rings. The van der Waals surface area contributed by atoms with Gasteiger partial charge in [0, 0.05) is 39.1 Å². The molecule has 4 rings (SSSR count). The zero-order valence-corrected chi connectivity index (χ0v) is 17.7. The lowest BCUT2D eigenvalue weighted by Crippen LogP contribution is -2.46. The van der Waals surface area contributed by atoms with Crippen LogP contribution in [0.15, 0.2) is 47.5 Å². The van der Waals surface area contributed by atoms with Crippen LogP contribution < -0.4 is 14.4 Å². The largest absolute Gasteiger partial charge is 0.496 e. The smallest absolute Gasteiger partial charge is 0.186 e. The molecular formula is C24H31N3O3. The second-order valence-corrected chi connectivity index (χ2v) is 7.75. The van der Waals surface area contributed by atoms with Gasteiger partial charge in [0.05, 0.1) is 24.6 Å². The minimum atomic E-state index is 0.220. The van der Waals surface area contributed by atoms with Gasteiger partial charge in [0.15, 0.2) is 5.90 Å². The van der Waals surface area contributed by atoms with Crippen LogP contribution in [0.4, 0.5) is 11.4 Å². The van der Waals surface area contributed by atoms with E-state index in [4.69, 9.17) is 9.47 Å². The Hall–Kier alpha value is -2.73. The Kier molecular flexibility index (Phi) is 6.74. The molecule has 2 heterocycles. The fourth-order valence-corrected chi connectivity index (χ4v) is 4.09. The summed E-state index contributed by atoms with van der Waals surface area (Å²) < 4.78 is 11.7. The van der Waals surface area contributed by atoms with E-state index in [1.54, 1.807) is 0 Å². The molecule has 1 N–H and O–H groups in total. The van der Waals surface area contributed by atoms with E-state index in [9.17, 15) is 5.11 Å². The van der Waals surface area contributed by atoms with Crippen LogP contribution in [0.3, 0.4) is 0 Å². The lowest BCUT2D eigenvalue weighted by molar-refractivity contribution is 0.224. The number of piperazine rings is 1. The van der Waals surface area contributed by atoms with Gasteiger partial charge >= 0.3 is 0 Å². The minimum Gasteiger partial charge on any atom is -0.496 e. The molecule has 2 aliphatic rings. The molecule has 0 spiro atoms. The third-order valence-corrected chi connectivity index (χ3v) is 5.68. The van der Waals surface area contributed by atoms with Gasteiger partial charge in [-0.2, -0.15) is 0 Å². The van der Waals surface area contributed by atoms with Gasteiger partial charge in [0.25, 0.3) is 0 Å². The maximum Gasteiger partial charge on any atom is 0.186 e. The Morgan fingerprint density at radius 3 is 2.67 bits per heavy atom. The quantitative estimate of drug-likeness (QED) is 0.662. The first kappa shape index (κ1) is 20.5. The van der Waals surface area contributed by atoms with Crippen molar-refractivity contribution in [1.82, 2.24) is 4.90 Å². The Balaban J connectivity index is 1.20. The number of fused-ring (bicyclic) bond motifs is 1. The molecule has 2 aliphatic heterocycles. The summed E-state index contributed by atoms with van der Waals surface area (Å²) in [5.74, 6) is 2.09. The van der Waals surface area contributed by atoms with Crippen molar-refractivity contribution in [1.29, 1.82) is 0 Å². The highest BCUT2D eigenvalue weighted by Crippen LogP contribution is 2.30. The predicted octanol–water partition coefficient (Wildman–Crippen LogP) is 4.21. The molecule has 1 fully saturated rings. The number of para-hydroxylation sites is 2.